The lowest BCUT2D eigenvalue weighted by Crippen LogP contribution is -1.82. The van der Waals surface area contributed by atoms with Gasteiger partial charge >= 0.3 is 0 Å². The molecule has 0 heterocycles. The maximum Gasteiger partial charge on any atom is 0.0431 e. The molecule has 0 unspecified atom stereocenters. The fourth-order valence-corrected chi connectivity index (χ4v) is 0.892. The van der Waals surface area contributed by atoms with E-state index in [1.54, 1.807) is 6.92 Å². The number of hydrogen-bond donors (Lipinski definition) is 2. The van der Waals surface area contributed by atoms with Gasteiger partial charge in [-0.1, -0.05) is 39.0 Å². The monoisotopic (exact) mass is 176 g/mol. The van der Waals surface area contributed by atoms with Gasteiger partial charge in [-0.3, -0.25) is 0 Å². The summed E-state index contributed by atoms with van der Waals surface area (Å²) in [6.07, 6.45) is 7.50. The molecule has 0 aliphatic rings. The molecular weight excluding hydrogens is 152 g/mol. The van der Waals surface area contributed by atoms with Crippen molar-refractivity contribution in [3.8, 4) is 0 Å². The van der Waals surface area contributed by atoms with Gasteiger partial charge < -0.3 is 10.2 Å². The highest BCUT2D eigenvalue weighted by molar-refractivity contribution is 4.41. The van der Waals surface area contributed by atoms with Gasteiger partial charge in [0.05, 0.1) is 0 Å². The largest absolute Gasteiger partial charge is 0.397 e. The fourth-order valence-electron chi connectivity index (χ4n) is 0.892. The van der Waals surface area contributed by atoms with Crippen LogP contribution >= 0.6 is 0 Å². The van der Waals surface area contributed by atoms with E-state index in [9.17, 15) is 0 Å². The van der Waals surface area contributed by atoms with E-state index in [2.05, 4.69) is 6.92 Å². The Morgan fingerprint density at radius 3 is 1.58 bits per heavy atom. The highest BCUT2D eigenvalue weighted by Crippen LogP contribution is 2.03. The average molecular weight is 176 g/mol. The summed E-state index contributed by atoms with van der Waals surface area (Å²) in [7, 11) is 0. The van der Waals surface area contributed by atoms with Gasteiger partial charge in [0, 0.05) is 13.2 Å². The van der Waals surface area contributed by atoms with Crippen molar-refractivity contribution in [3.05, 3.63) is 0 Å². The molecule has 0 aromatic carbocycles. The molecule has 0 aromatic rings. The first-order valence-electron chi connectivity index (χ1n) is 5.05. The molecule has 0 saturated carbocycles. The van der Waals surface area contributed by atoms with E-state index in [0.29, 0.717) is 6.61 Å². The standard InChI is InChI=1S/C8H18O.C2H6O/c1-2-3-4-5-6-7-8-9;1-2-3/h9H,2-8H2,1H3;3H,2H2,1H3. The van der Waals surface area contributed by atoms with Crippen molar-refractivity contribution in [2.45, 2.75) is 52.4 Å². The number of rotatable bonds is 6. The van der Waals surface area contributed by atoms with E-state index >= 15 is 0 Å². The zero-order valence-corrected chi connectivity index (χ0v) is 8.55. The molecule has 76 valence electrons. The lowest BCUT2D eigenvalue weighted by Gasteiger charge is -1.95. The Balaban J connectivity index is 0. The molecule has 0 aliphatic carbocycles. The summed E-state index contributed by atoms with van der Waals surface area (Å²) >= 11 is 0. The van der Waals surface area contributed by atoms with Crippen molar-refractivity contribution in [2.75, 3.05) is 13.2 Å². The van der Waals surface area contributed by atoms with Crippen LogP contribution in [0.1, 0.15) is 52.4 Å². The van der Waals surface area contributed by atoms with Crippen molar-refractivity contribution in [1.29, 1.82) is 0 Å². The predicted octanol–water partition coefficient (Wildman–Crippen LogP) is 2.34. The maximum absolute atomic E-state index is 8.42. The van der Waals surface area contributed by atoms with Crippen molar-refractivity contribution >= 4 is 0 Å². The molecule has 0 fully saturated rings. The first-order valence-corrected chi connectivity index (χ1v) is 5.05. The van der Waals surface area contributed by atoms with Gasteiger partial charge in [-0.15, -0.1) is 0 Å². The third kappa shape index (κ3) is 22.5. The molecule has 2 N–H and O–H groups in total. The SMILES string of the molecule is CCCCCCCCO.CCO. The summed E-state index contributed by atoms with van der Waals surface area (Å²) in [6, 6.07) is 0. The Morgan fingerprint density at radius 1 is 0.750 bits per heavy atom. The Kier molecular flexibility index (Phi) is 20.6. The zero-order chi connectivity index (χ0) is 9.66. The third-order valence-electron chi connectivity index (χ3n) is 1.51. The normalized spacial score (nSPS) is 9.00. The van der Waals surface area contributed by atoms with E-state index in [1.807, 2.05) is 0 Å². The Hall–Kier alpha value is -0.0800. The van der Waals surface area contributed by atoms with Crippen LogP contribution < -0.4 is 0 Å². The molecular formula is C10H24O2. The molecule has 0 aliphatic heterocycles. The van der Waals surface area contributed by atoms with E-state index < -0.39 is 0 Å². The molecule has 2 heteroatoms. The van der Waals surface area contributed by atoms with Gasteiger partial charge in [0.1, 0.15) is 0 Å². The van der Waals surface area contributed by atoms with Crippen molar-refractivity contribution < 1.29 is 10.2 Å². The van der Waals surface area contributed by atoms with Crippen LogP contribution in [0.15, 0.2) is 0 Å². The van der Waals surface area contributed by atoms with E-state index in [4.69, 9.17) is 10.2 Å². The molecule has 0 bridgehead atoms. The first kappa shape index (κ1) is 14.4. The van der Waals surface area contributed by atoms with Crippen LogP contribution in [0.25, 0.3) is 0 Å². The molecule has 0 aromatic heterocycles. The summed E-state index contributed by atoms with van der Waals surface area (Å²) in [6.45, 7) is 4.51. The third-order valence-corrected chi connectivity index (χ3v) is 1.51. The average Bonchev–Trinajstić information content (AvgIpc) is 2.06. The Labute approximate surface area is 76.6 Å². The van der Waals surface area contributed by atoms with Crippen LogP contribution in [-0.4, -0.2) is 23.4 Å². The predicted molar refractivity (Wildman–Crippen MR) is 53.2 cm³/mol. The molecule has 0 spiro atoms. The lowest BCUT2D eigenvalue weighted by molar-refractivity contribution is 0.282. The van der Waals surface area contributed by atoms with Gasteiger partial charge in [-0.05, 0) is 13.3 Å². The van der Waals surface area contributed by atoms with Gasteiger partial charge in [0.2, 0.25) is 0 Å². The smallest absolute Gasteiger partial charge is 0.0431 e. The fraction of sp³-hybridized carbons (Fsp3) is 1.00. The van der Waals surface area contributed by atoms with Gasteiger partial charge in [0.25, 0.3) is 0 Å². The van der Waals surface area contributed by atoms with Crippen molar-refractivity contribution in [2.24, 2.45) is 0 Å². The summed E-state index contributed by atoms with van der Waals surface area (Å²) in [5, 5.41) is 16.0. The molecule has 2 nitrogen and oxygen atoms in total. The Bertz CT molecular complexity index is 49.8. The number of unbranched alkanes of at least 4 members (excludes halogenated alkanes) is 5. The summed E-state index contributed by atoms with van der Waals surface area (Å²) in [5.41, 5.74) is 0. The zero-order valence-electron chi connectivity index (χ0n) is 8.55. The maximum atomic E-state index is 8.42. The van der Waals surface area contributed by atoms with Crippen molar-refractivity contribution in [3.63, 3.8) is 0 Å². The number of aliphatic hydroxyl groups excluding tert-OH is 2. The van der Waals surface area contributed by atoms with Gasteiger partial charge in [-0.25, -0.2) is 0 Å². The van der Waals surface area contributed by atoms with Crippen LogP contribution in [0.5, 0.6) is 0 Å². The minimum atomic E-state index is 0.250. The quantitative estimate of drug-likeness (QED) is 0.610. The minimum Gasteiger partial charge on any atom is -0.397 e. The van der Waals surface area contributed by atoms with Crippen LogP contribution in [0, 0.1) is 0 Å². The molecule has 0 rings (SSSR count). The van der Waals surface area contributed by atoms with Gasteiger partial charge in [-0.2, -0.15) is 0 Å². The van der Waals surface area contributed by atoms with E-state index in [-0.39, 0.29) is 6.61 Å². The lowest BCUT2D eigenvalue weighted by atomic mass is 10.1. The number of aliphatic hydroxyl groups is 2. The van der Waals surface area contributed by atoms with E-state index in [1.165, 1.54) is 32.1 Å². The summed E-state index contributed by atoms with van der Waals surface area (Å²) < 4.78 is 0. The highest BCUT2D eigenvalue weighted by Gasteiger charge is 1.86. The van der Waals surface area contributed by atoms with Crippen LogP contribution in [0.4, 0.5) is 0 Å². The Morgan fingerprint density at radius 2 is 1.17 bits per heavy atom. The summed E-state index contributed by atoms with van der Waals surface area (Å²) in [5.74, 6) is 0. The molecule has 0 saturated heterocycles. The second-order valence-electron chi connectivity index (χ2n) is 2.81. The van der Waals surface area contributed by atoms with Crippen LogP contribution in [0.2, 0.25) is 0 Å². The van der Waals surface area contributed by atoms with E-state index in [0.717, 1.165) is 6.42 Å². The van der Waals surface area contributed by atoms with Crippen LogP contribution in [-0.2, 0) is 0 Å². The number of hydrogen-bond acceptors (Lipinski definition) is 2. The highest BCUT2D eigenvalue weighted by atomic mass is 16.3. The second kappa shape index (κ2) is 17.1. The molecule has 0 radical (unpaired) electrons. The van der Waals surface area contributed by atoms with Crippen LogP contribution in [0.3, 0.4) is 0 Å². The van der Waals surface area contributed by atoms with Gasteiger partial charge in [0.15, 0.2) is 0 Å². The molecule has 12 heavy (non-hydrogen) atoms. The molecule has 0 amide bonds. The summed E-state index contributed by atoms with van der Waals surface area (Å²) in [4.78, 5) is 0. The molecule has 0 atom stereocenters. The van der Waals surface area contributed by atoms with Crippen molar-refractivity contribution in [1.82, 2.24) is 0 Å². The topological polar surface area (TPSA) is 40.5 Å². The first-order chi connectivity index (χ1) is 5.83. The second-order valence-corrected chi connectivity index (χ2v) is 2.81. The minimum absolute atomic E-state index is 0.250.